The Hall–Kier alpha value is -0.220. The summed E-state index contributed by atoms with van der Waals surface area (Å²) in [6.07, 6.45) is 4.94. The first-order valence-electron chi connectivity index (χ1n) is 5.02. The Balaban J connectivity index is 2.54. The van der Waals surface area contributed by atoms with Crippen molar-refractivity contribution in [2.75, 3.05) is 6.26 Å². The SMILES string of the molecule is CSC(C)CC(C)(NC1CC1)C(=O)O. The number of carboxylic acid groups (broad SMARTS) is 1. The quantitative estimate of drug-likeness (QED) is 0.711. The van der Waals surface area contributed by atoms with Crippen molar-refractivity contribution in [2.45, 2.75) is 49.9 Å². The van der Waals surface area contributed by atoms with Gasteiger partial charge in [0.25, 0.3) is 0 Å². The van der Waals surface area contributed by atoms with Crippen molar-refractivity contribution in [3.63, 3.8) is 0 Å². The Labute approximate surface area is 89.6 Å². The van der Waals surface area contributed by atoms with Gasteiger partial charge < -0.3 is 5.11 Å². The first kappa shape index (κ1) is 11.9. The normalized spacial score (nSPS) is 22.8. The minimum Gasteiger partial charge on any atom is -0.480 e. The van der Waals surface area contributed by atoms with Gasteiger partial charge in [0.2, 0.25) is 0 Å². The molecule has 1 aliphatic rings. The average Bonchev–Trinajstić information content (AvgIpc) is 2.87. The second-order valence-corrected chi connectivity index (χ2v) is 5.58. The van der Waals surface area contributed by atoms with Crippen molar-refractivity contribution >= 4 is 17.7 Å². The molecular weight excluding hydrogens is 198 g/mol. The lowest BCUT2D eigenvalue weighted by molar-refractivity contribution is -0.144. The van der Waals surface area contributed by atoms with Crippen molar-refractivity contribution in [2.24, 2.45) is 0 Å². The highest BCUT2D eigenvalue weighted by molar-refractivity contribution is 7.99. The number of carbonyl (C=O) groups is 1. The van der Waals surface area contributed by atoms with Gasteiger partial charge in [-0.05, 0) is 32.4 Å². The van der Waals surface area contributed by atoms with Gasteiger partial charge in [0.05, 0.1) is 0 Å². The molecular formula is C10H19NO2S. The average molecular weight is 217 g/mol. The van der Waals surface area contributed by atoms with Gasteiger partial charge in [0, 0.05) is 11.3 Å². The Kier molecular flexibility index (Phi) is 3.84. The van der Waals surface area contributed by atoms with E-state index in [4.69, 9.17) is 0 Å². The fourth-order valence-electron chi connectivity index (χ4n) is 1.54. The molecule has 2 unspecified atom stereocenters. The van der Waals surface area contributed by atoms with E-state index in [9.17, 15) is 9.90 Å². The van der Waals surface area contributed by atoms with Crippen LogP contribution in [0.1, 0.15) is 33.1 Å². The molecule has 0 amide bonds. The van der Waals surface area contributed by atoms with Crippen LogP contribution in [0.3, 0.4) is 0 Å². The third-order valence-electron chi connectivity index (χ3n) is 2.67. The van der Waals surface area contributed by atoms with Gasteiger partial charge in [-0.2, -0.15) is 11.8 Å². The summed E-state index contributed by atoms with van der Waals surface area (Å²) in [7, 11) is 0. The van der Waals surface area contributed by atoms with Crippen LogP contribution in [0.2, 0.25) is 0 Å². The molecule has 0 aromatic carbocycles. The molecule has 1 aliphatic carbocycles. The maximum Gasteiger partial charge on any atom is 0.323 e. The zero-order valence-corrected chi connectivity index (χ0v) is 9.86. The molecule has 2 N–H and O–H groups in total. The molecule has 0 aliphatic heterocycles. The number of aliphatic carboxylic acids is 1. The maximum absolute atomic E-state index is 11.2. The lowest BCUT2D eigenvalue weighted by Gasteiger charge is -2.28. The highest BCUT2D eigenvalue weighted by atomic mass is 32.2. The molecule has 0 heterocycles. The molecule has 0 aromatic heterocycles. The summed E-state index contributed by atoms with van der Waals surface area (Å²) in [6.45, 7) is 3.86. The number of rotatable bonds is 6. The van der Waals surface area contributed by atoms with Gasteiger partial charge >= 0.3 is 5.97 Å². The predicted octanol–water partition coefficient (Wildman–Crippen LogP) is 1.72. The lowest BCUT2D eigenvalue weighted by atomic mass is 9.96. The van der Waals surface area contributed by atoms with Crippen LogP contribution in [-0.2, 0) is 4.79 Å². The van der Waals surface area contributed by atoms with Crippen LogP contribution in [0.5, 0.6) is 0 Å². The summed E-state index contributed by atoms with van der Waals surface area (Å²) < 4.78 is 0. The maximum atomic E-state index is 11.2. The van der Waals surface area contributed by atoms with Crippen LogP contribution in [0.4, 0.5) is 0 Å². The van der Waals surface area contributed by atoms with Gasteiger partial charge in [0.15, 0.2) is 0 Å². The van der Waals surface area contributed by atoms with E-state index in [0.29, 0.717) is 17.7 Å². The molecule has 0 saturated heterocycles. The predicted molar refractivity (Wildman–Crippen MR) is 59.8 cm³/mol. The summed E-state index contributed by atoms with van der Waals surface area (Å²) in [5.41, 5.74) is -0.746. The molecule has 0 aromatic rings. The van der Waals surface area contributed by atoms with E-state index in [0.717, 1.165) is 12.8 Å². The number of thioether (sulfide) groups is 1. The Morgan fingerprint density at radius 2 is 2.29 bits per heavy atom. The summed E-state index contributed by atoms with van der Waals surface area (Å²) in [4.78, 5) is 11.2. The second kappa shape index (κ2) is 4.53. The van der Waals surface area contributed by atoms with Crippen molar-refractivity contribution in [3.05, 3.63) is 0 Å². The van der Waals surface area contributed by atoms with E-state index in [1.165, 1.54) is 0 Å². The van der Waals surface area contributed by atoms with Crippen molar-refractivity contribution < 1.29 is 9.90 Å². The summed E-state index contributed by atoms with van der Waals surface area (Å²) in [5.74, 6) is -0.731. The smallest absolute Gasteiger partial charge is 0.323 e. The minimum atomic E-state index is -0.746. The van der Waals surface area contributed by atoms with Gasteiger partial charge in [0.1, 0.15) is 5.54 Å². The highest BCUT2D eigenvalue weighted by Gasteiger charge is 2.39. The molecule has 82 valence electrons. The standard InChI is InChI=1S/C10H19NO2S/c1-7(14-3)6-10(2,9(12)13)11-8-4-5-8/h7-8,11H,4-6H2,1-3H3,(H,12,13). The number of carboxylic acids is 1. The van der Waals surface area contributed by atoms with E-state index in [2.05, 4.69) is 12.2 Å². The van der Waals surface area contributed by atoms with E-state index in [1.807, 2.05) is 6.26 Å². The van der Waals surface area contributed by atoms with Crippen molar-refractivity contribution in [1.82, 2.24) is 5.32 Å². The fraction of sp³-hybridized carbons (Fsp3) is 0.900. The first-order valence-corrected chi connectivity index (χ1v) is 6.30. The largest absolute Gasteiger partial charge is 0.480 e. The molecule has 0 bridgehead atoms. The van der Waals surface area contributed by atoms with E-state index < -0.39 is 11.5 Å². The van der Waals surface area contributed by atoms with Crippen LogP contribution in [0.25, 0.3) is 0 Å². The molecule has 1 saturated carbocycles. The molecule has 1 fully saturated rings. The fourth-order valence-corrected chi connectivity index (χ4v) is 2.04. The van der Waals surface area contributed by atoms with Gasteiger partial charge in [-0.15, -0.1) is 0 Å². The molecule has 14 heavy (non-hydrogen) atoms. The number of hydrogen-bond donors (Lipinski definition) is 2. The van der Waals surface area contributed by atoms with Crippen molar-refractivity contribution in [3.8, 4) is 0 Å². The summed E-state index contributed by atoms with van der Waals surface area (Å²) in [5, 5.41) is 12.8. The lowest BCUT2D eigenvalue weighted by Crippen LogP contribution is -2.51. The molecule has 0 spiro atoms. The third-order valence-corrected chi connectivity index (χ3v) is 3.64. The van der Waals surface area contributed by atoms with E-state index >= 15 is 0 Å². The van der Waals surface area contributed by atoms with Crippen LogP contribution >= 0.6 is 11.8 Å². The minimum absolute atomic E-state index is 0.377. The molecule has 4 heteroatoms. The highest BCUT2D eigenvalue weighted by Crippen LogP contribution is 2.27. The Bertz CT molecular complexity index is 218. The Morgan fingerprint density at radius 1 is 1.71 bits per heavy atom. The first-order chi connectivity index (χ1) is 6.48. The molecule has 0 radical (unpaired) electrons. The third kappa shape index (κ3) is 3.17. The Morgan fingerprint density at radius 3 is 2.64 bits per heavy atom. The van der Waals surface area contributed by atoms with Gasteiger partial charge in [-0.25, -0.2) is 0 Å². The zero-order valence-electron chi connectivity index (χ0n) is 9.04. The van der Waals surface area contributed by atoms with Gasteiger partial charge in [-0.3, -0.25) is 10.1 Å². The van der Waals surface area contributed by atoms with Crippen molar-refractivity contribution in [1.29, 1.82) is 0 Å². The summed E-state index contributed by atoms with van der Waals surface area (Å²) >= 11 is 1.71. The second-order valence-electron chi connectivity index (χ2n) is 4.31. The topological polar surface area (TPSA) is 49.3 Å². The van der Waals surface area contributed by atoms with Crippen LogP contribution in [-0.4, -0.2) is 34.2 Å². The summed E-state index contributed by atoms with van der Waals surface area (Å²) in [6, 6.07) is 0.435. The monoisotopic (exact) mass is 217 g/mol. The molecule has 1 rings (SSSR count). The van der Waals surface area contributed by atoms with Crippen LogP contribution in [0, 0.1) is 0 Å². The molecule has 2 atom stereocenters. The van der Waals surface area contributed by atoms with E-state index in [1.54, 1.807) is 18.7 Å². The zero-order chi connectivity index (χ0) is 10.8. The van der Waals surface area contributed by atoms with Gasteiger partial charge in [-0.1, -0.05) is 6.92 Å². The number of nitrogens with one attached hydrogen (secondary N) is 1. The molecule has 3 nitrogen and oxygen atoms in total. The van der Waals surface area contributed by atoms with E-state index in [-0.39, 0.29) is 0 Å². The number of hydrogen-bond acceptors (Lipinski definition) is 3. The van der Waals surface area contributed by atoms with Crippen LogP contribution in [0.15, 0.2) is 0 Å². The van der Waals surface area contributed by atoms with Crippen LogP contribution < -0.4 is 5.32 Å².